The molecule has 0 aliphatic rings. The zero-order valence-electron chi connectivity index (χ0n) is 11.1. The van der Waals surface area contributed by atoms with Crippen LogP contribution in [0.3, 0.4) is 0 Å². The summed E-state index contributed by atoms with van der Waals surface area (Å²) in [7, 11) is 3.11. The number of nitrogens with one attached hydrogen (secondary N) is 1. The summed E-state index contributed by atoms with van der Waals surface area (Å²) in [5, 5.41) is 2.77. The summed E-state index contributed by atoms with van der Waals surface area (Å²) in [5.74, 6) is 0.962. The minimum Gasteiger partial charge on any atom is -0.497 e. The normalized spacial score (nSPS) is 9.30. The van der Waals surface area contributed by atoms with E-state index >= 15 is 0 Å². The molecule has 0 spiro atoms. The van der Waals surface area contributed by atoms with Crippen molar-refractivity contribution in [2.45, 2.75) is 0 Å². The molecule has 0 atom stereocenters. The smallest absolute Gasteiger partial charge is 0.257 e. The maximum Gasteiger partial charge on any atom is 0.257 e. The summed E-state index contributed by atoms with van der Waals surface area (Å²) < 4.78 is 10.3. The Morgan fingerprint density at radius 2 is 2.00 bits per heavy atom. The molecule has 1 aromatic heterocycles. The van der Waals surface area contributed by atoms with Crippen molar-refractivity contribution in [2.75, 3.05) is 19.5 Å². The second-order valence-corrected chi connectivity index (χ2v) is 3.76. The van der Waals surface area contributed by atoms with Crippen molar-refractivity contribution in [3.05, 3.63) is 48.3 Å². The Labute approximate surface area is 123 Å². The highest BCUT2D eigenvalue weighted by atomic mass is 35.5. The van der Waals surface area contributed by atoms with Crippen LogP contribution in [0.15, 0.2) is 42.7 Å². The zero-order valence-corrected chi connectivity index (χ0v) is 11.9. The summed E-state index contributed by atoms with van der Waals surface area (Å²) in [6.07, 6.45) is 3.12. The maximum atomic E-state index is 12.0. The maximum absolute atomic E-state index is 12.0. The molecule has 0 aliphatic carbocycles. The van der Waals surface area contributed by atoms with Gasteiger partial charge in [-0.3, -0.25) is 9.78 Å². The molecule has 0 fully saturated rings. The number of halogens is 1. The fraction of sp³-hybridized carbons (Fsp3) is 0.143. The highest BCUT2D eigenvalue weighted by Crippen LogP contribution is 2.29. The van der Waals surface area contributed by atoms with Gasteiger partial charge in [0.1, 0.15) is 11.5 Å². The molecular weight excluding hydrogens is 280 g/mol. The molecule has 0 radical (unpaired) electrons. The lowest BCUT2D eigenvalue weighted by atomic mass is 10.2. The van der Waals surface area contributed by atoms with E-state index in [2.05, 4.69) is 10.3 Å². The largest absolute Gasteiger partial charge is 0.497 e. The van der Waals surface area contributed by atoms with E-state index in [9.17, 15) is 4.79 Å². The predicted octanol–water partition coefficient (Wildman–Crippen LogP) is 2.77. The molecule has 6 heteroatoms. The van der Waals surface area contributed by atoms with Crippen LogP contribution in [0.5, 0.6) is 11.5 Å². The van der Waals surface area contributed by atoms with Crippen LogP contribution in [0, 0.1) is 0 Å². The van der Waals surface area contributed by atoms with Crippen LogP contribution in [0.4, 0.5) is 5.69 Å². The standard InChI is InChI=1S/C14H14N2O3.ClH/c1-18-11-5-6-12(13(8-11)19-2)16-14(17)10-4-3-7-15-9-10;/h3-9H,1-2H3,(H,16,17);1H. The number of amides is 1. The number of pyridine rings is 1. The quantitative estimate of drug-likeness (QED) is 0.942. The van der Waals surface area contributed by atoms with Gasteiger partial charge < -0.3 is 14.8 Å². The Hall–Kier alpha value is -2.27. The lowest BCUT2D eigenvalue weighted by molar-refractivity contribution is 0.102. The highest BCUT2D eigenvalue weighted by Gasteiger charge is 2.10. The number of methoxy groups -OCH3 is 2. The first-order valence-electron chi connectivity index (χ1n) is 5.68. The molecule has 1 heterocycles. The Morgan fingerprint density at radius 1 is 1.20 bits per heavy atom. The SMILES string of the molecule is COc1ccc(NC(=O)c2cccnc2)c(OC)c1.Cl. The third-order valence-electron chi connectivity index (χ3n) is 2.58. The van der Waals surface area contributed by atoms with Gasteiger partial charge in [0.25, 0.3) is 5.91 Å². The number of hydrogen-bond donors (Lipinski definition) is 1. The van der Waals surface area contributed by atoms with Crippen molar-refractivity contribution < 1.29 is 14.3 Å². The minimum atomic E-state index is -0.239. The number of carbonyl (C=O) groups excluding carboxylic acids is 1. The Morgan fingerprint density at radius 3 is 2.60 bits per heavy atom. The van der Waals surface area contributed by atoms with Gasteiger partial charge in [0.05, 0.1) is 25.5 Å². The van der Waals surface area contributed by atoms with Crippen molar-refractivity contribution in [1.29, 1.82) is 0 Å². The van der Waals surface area contributed by atoms with Crippen LogP contribution in [0.1, 0.15) is 10.4 Å². The average Bonchev–Trinajstić information content (AvgIpc) is 2.48. The van der Waals surface area contributed by atoms with E-state index in [1.54, 1.807) is 43.6 Å². The van der Waals surface area contributed by atoms with Crippen molar-refractivity contribution in [3.8, 4) is 11.5 Å². The van der Waals surface area contributed by atoms with E-state index < -0.39 is 0 Å². The number of anilines is 1. The summed E-state index contributed by atoms with van der Waals surface area (Å²) in [6.45, 7) is 0. The molecule has 2 rings (SSSR count). The van der Waals surface area contributed by atoms with E-state index in [1.807, 2.05) is 0 Å². The van der Waals surface area contributed by atoms with E-state index in [0.29, 0.717) is 22.7 Å². The van der Waals surface area contributed by atoms with Gasteiger partial charge in [-0.1, -0.05) is 0 Å². The van der Waals surface area contributed by atoms with Gasteiger partial charge in [-0.2, -0.15) is 0 Å². The van der Waals surface area contributed by atoms with Crippen molar-refractivity contribution in [1.82, 2.24) is 4.98 Å². The first-order chi connectivity index (χ1) is 9.24. The van der Waals surface area contributed by atoms with Gasteiger partial charge in [-0.25, -0.2) is 0 Å². The summed E-state index contributed by atoms with van der Waals surface area (Å²) in [6, 6.07) is 8.59. The molecule has 1 aromatic carbocycles. The number of hydrogen-bond acceptors (Lipinski definition) is 4. The van der Waals surface area contributed by atoms with Gasteiger partial charge in [-0.05, 0) is 24.3 Å². The molecular formula is C14H15ClN2O3. The van der Waals surface area contributed by atoms with Gasteiger partial charge in [0.15, 0.2) is 0 Å². The number of nitrogens with zero attached hydrogens (tertiary/aromatic N) is 1. The molecule has 106 valence electrons. The van der Waals surface area contributed by atoms with Crippen molar-refractivity contribution >= 4 is 24.0 Å². The van der Waals surface area contributed by atoms with Crippen LogP contribution in [-0.4, -0.2) is 25.1 Å². The van der Waals surface area contributed by atoms with Crippen LogP contribution in [0.2, 0.25) is 0 Å². The Balaban J connectivity index is 0.00000200. The fourth-order valence-corrected chi connectivity index (χ4v) is 1.59. The number of ether oxygens (including phenoxy) is 2. The van der Waals surface area contributed by atoms with Gasteiger partial charge in [0.2, 0.25) is 0 Å². The van der Waals surface area contributed by atoms with E-state index in [1.165, 1.54) is 13.3 Å². The topological polar surface area (TPSA) is 60.5 Å². The molecule has 0 bridgehead atoms. The van der Waals surface area contributed by atoms with E-state index in [0.717, 1.165) is 0 Å². The monoisotopic (exact) mass is 294 g/mol. The van der Waals surface area contributed by atoms with Crippen molar-refractivity contribution in [3.63, 3.8) is 0 Å². The van der Waals surface area contributed by atoms with Crippen LogP contribution in [0.25, 0.3) is 0 Å². The second kappa shape index (κ2) is 7.35. The molecule has 0 unspecified atom stereocenters. The van der Waals surface area contributed by atoms with E-state index in [4.69, 9.17) is 9.47 Å². The molecule has 0 saturated heterocycles. The molecule has 1 amide bonds. The lowest BCUT2D eigenvalue weighted by Crippen LogP contribution is -2.12. The van der Waals surface area contributed by atoms with Gasteiger partial charge in [0, 0.05) is 18.5 Å². The minimum absolute atomic E-state index is 0. The summed E-state index contributed by atoms with van der Waals surface area (Å²) >= 11 is 0. The lowest BCUT2D eigenvalue weighted by Gasteiger charge is -2.11. The first kappa shape index (κ1) is 15.8. The summed E-state index contributed by atoms with van der Waals surface area (Å²) in [4.78, 5) is 15.9. The number of rotatable bonds is 4. The average molecular weight is 295 g/mol. The van der Waals surface area contributed by atoms with Gasteiger partial charge >= 0.3 is 0 Å². The molecule has 5 nitrogen and oxygen atoms in total. The van der Waals surface area contributed by atoms with Crippen LogP contribution >= 0.6 is 12.4 Å². The third kappa shape index (κ3) is 3.61. The second-order valence-electron chi connectivity index (χ2n) is 3.76. The molecule has 2 aromatic rings. The Bertz CT molecular complexity index is 576. The number of benzene rings is 1. The number of carbonyl (C=O) groups is 1. The number of aromatic nitrogens is 1. The first-order valence-corrected chi connectivity index (χ1v) is 5.68. The molecule has 0 saturated carbocycles. The molecule has 0 aliphatic heterocycles. The third-order valence-corrected chi connectivity index (χ3v) is 2.58. The summed E-state index contributed by atoms with van der Waals surface area (Å²) in [5.41, 5.74) is 1.07. The van der Waals surface area contributed by atoms with Crippen LogP contribution in [-0.2, 0) is 0 Å². The zero-order chi connectivity index (χ0) is 13.7. The molecule has 1 N–H and O–H groups in total. The van der Waals surface area contributed by atoms with Crippen LogP contribution < -0.4 is 14.8 Å². The fourth-order valence-electron chi connectivity index (χ4n) is 1.59. The highest BCUT2D eigenvalue weighted by molar-refractivity contribution is 6.04. The van der Waals surface area contributed by atoms with Gasteiger partial charge in [-0.15, -0.1) is 12.4 Å². The molecule has 20 heavy (non-hydrogen) atoms. The predicted molar refractivity (Wildman–Crippen MR) is 79.0 cm³/mol. The van der Waals surface area contributed by atoms with Crippen molar-refractivity contribution in [2.24, 2.45) is 0 Å². The Kier molecular flexibility index (Phi) is 5.80. The van der Waals surface area contributed by atoms with E-state index in [-0.39, 0.29) is 18.3 Å².